The monoisotopic (exact) mass is 440 g/mol. The van der Waals surface area contributed by atoms with Gasteiger partial charge in [0, 0.05) is 35.6 Å². The molecule has 0 saturated carbocycles. The number of amides is 1. The average molecular weight is 440 g/mol. The van der Waals surface area contributed by atoms with Gasteiger partial charge >= 0.3 is 0 Å². The summed E-state index contributed by atoms with van der Waals surface area (Å²) in [5.74, 6) is -0.378. The molecule has 4 rings (SSSR count). The van der Waals surface area contributed by atoms with Crippen molar-refractivity contribution in [2.75, 3.05) is 11.9 Å². The van der Waals surface area contributed by atoms with Crippen molar-refractivity contribution >= 4 is 28.4 Å². The van der Waals surface area contributed by atoms with Gasteiger partial charge in [-0.25, -0.2) is 9.97 Å². The van der Waals surface area contributed by atoms with Crippen LogP contribution in [0.3, 0.4) is 0 Å². The van der Waals surface area contributed by atoms with Crippen molar-refractivity contribution in [2.24, 2.45) is 0 Å². The van der Waals surface area contributed by atoms with Crippen LogP contribution in [0.5, 0.6) is 5.75 Å². The minimum atomic E-state index is -0.445. The number of fused-ring (bicyclic) bond motifs is 1. The number of ketones is 1. The van der Waals surface area contributed by atoms with Crippen molar-refractivity contribution in [1.29, 1.82) is 5.26 Å². The highest BCUT2D eigenvalue weighted by atomic mass is 16.5. The fourth-order valence-electron chi connectivity index (χ4n) is 3.38. The Balaban J connectivity index is 1.51. The summed E-state index contributed by atoms with van der Waals surface area (Å²) in [5.41, 5.74) is 2.14. The summed E-state index contributed by atoms with van der Waals surface area (Å²) >= 11 is 0. The lowest BCUT2D eigenvalue weighted by molar-refractivity contribution is -0.118. The molecule has 33 heavy (non-hydrogen) atoms. The van der Waals surface area contributed by atoms with Gasteiger partial charge in [0.15, 0.2) is 12.4 Å². The van der Waals surface area contributed by atoms with Crippen molar-refractivity contribution in [1.82, 2.24) is 19.5 Å². The smallest absolute Gasteiger partial charge is 0.262 e. The Kier molecular flexibility index (Phi) is 6.09. The first-order valence-corrected chi connectivity index (χ1v) is 10.2. The van der Waals surface area contributed by atoms with Crippen LogP contribution in [0.1, 0.15) is 41.4 Å². The molecular weight excluding hydrogens is 420 g/mol. The highest BCUT2D eigenvalue weighted by Crippen LogP contribution is 2.25. The first-order chi connectivity index (χ1) is 16.0. The number of hydrogen-bond donors (Lipinski definition) is 1. The van der Waals surface area contributed by atoms with Crippen LogP contribution >= 0.6 is 0 Å². The Morgan fingerprint density at radius 3 is 2.79 bits per heavy atom. The molecule has 0 radical (unpaired) electrons. The molecule has 0 fully saturated rings. The molecule has 1 aromatic carbocycles. The fraction of sp³-hybridized carbons (Fsp3) is 0.167. The third-order valence-electron chi connectivity index (χ3n) is 4.95. The zero-order valence-corrected chi connectivity index (χ0v) is 18.0. The second kappa shape index (κ2) is 9.28. The minimum absolute atomic E-state index is 0.110. The quantitative estimate of drug-likeness (QED) is 0.436. The Bertz CT molecular complexity index is 1390. The van der Waals surface area contributed by atoms with E-state index in [0.29, 0.717) is 39.2 Å². The Morgan fingerprint density at radius 1 is 1.18 bits per heavy atom. The fourth-order valence-corrected chi connectivity index (χ4v) is 3.38. The number of nitrogens with one attached hydrogen (secondary N) is 1. The van der Waals surface area contributed by atoms with E-state index in [1.807, 2.05) is 24.5 Å². The average Bonchev–Trinajstić information content (AvgIpc) is 3.23. The molecule has 1 amide bonds. The van der Waals surface area contributed by atoms with Crippen LogP contribution in [0.25, 0.3) is 11.0 Å². The van der Waals surface area contributed by atoms with E-state index in [0.717, 1.165) is 0 Å². The molecular formula is C24H20N6O3. The predicted molar refractivity (Wildman–Crippen MR) is 121 cm³/mol. The van der Waals surface area contributed by atoms with E-state index in [4.69, 9.17) is 10.00 Å². The van der Waals surface area contributed by atoms with Gasteiger partial charge < -0.3 is 14.6 Å². The van der Waals surface area contributed by atoms with E-state index in [1.165, 1.54) is 18.7 Å². The number of ether oxygens (including phenoxy) is 1. The van der Waals surface area contributed by atoms with Gasteiger partial charge in [0.2, 0.25) is 0 Å². The van der Waals surface area contributed by atoms with Crippen LogP contribution in [0, 0.1) is 11.3 Å². The summed E-state index contributed by atoms with van der Waals surface area (Å²) in [7, 11) is 0. The maximum absolute atomic E-state index is 13.2. The topological polar surface area (TPSA) is 123 Å². The summed E-state index contributed by atoms with van der Waals surface area (Å²) in [4.78, 5) is 38.0. The lowest BCUT2D eigenvalue weighted by atomic mass is 10.1. The van der Waals surface area contributed by atoms with Crippen molar-refractivity contribution in [3.05, 3.63) is 78.1 Å². The number of para-hydroxylation sites is 1. The van der Waals surface area contributed by atoms with Crippen molar-refractivity contribution in [3.63, 3.8) is 0 Å². The number of rotatable bonds is 7. The third-order valence-corrected chi connectivity index (χ3v) is 4.95. The number of hydrogen-bond acceptors (Lipinski definition) is 7. The minimum Gasteiger partial charge on any atom is -0.482 e. The maximum Gasteiger partial charge on any atom is 0.262 e. The van der Waals surface area contributed by atoms with Gasteiger partial charge in [-0.05, 0) is 32.0 Å². The van der Waals surface area contributed by atoms with Crippen LogP contribution < -0.4 is 10.1 Å². The Morgan fingerprint density at radius 2 is 2.00 bits per heavy atom. The molecule has 1 N–H and O–H groups in total. The molecule has 0 spiro atoms. The summed E-state index contributed by atoms with van der Waals surface area (Å²) in [6.45, 7) is 3.71. The Labute approximate surface area is 189 Å². The summed E-state index contributed by atoms with van der Waals surface area (Å²) in [6.07, 6.45) is 7.71. The SMILES string of the molecule is CC(C)n1cc(C(=O)c2cncc(NC(=O)COc3ccccc3C#N)c2)c2cncnc21. The molecule has 9 nitrogen and oxygen atoms in total. The van der Waals surface area contributed by atoms with Gasteiger partial charge in [-0.15, -0.1) is 0 Å². The molecule has 3 aromatic heterocycles. The molecule has 164 valence electrons. The molecule has 9 heteroatoms. The first-order valence-electron chi connectivity index (χ1n) is 10.2. The molecule has 4 aromatic rings. The Hall–Kier alpha value is -4.58. The van der Waals surface area contributed by atoms with E-state index in [1.54, 1.807) is 42.7 Å². The number of carbonyl (C=O) groups is 2. The normalized spacial score (nSPS) is 10.7. The molecule has 3 heterocycles. The molecule has 0 aliphatic rings. The second-order valence-corrected chi connectivity index (χ2v) is 7.54. The summed E-state index contributed by atoms with van der Waals surface area (Å²) < 4.78 is 7.36. The number of carbonyl (C=O) groups excluding carboxylic acids is 2. The van der Waals surface area contributed by atoms with Crippen LogP contribution in [0.2, 0.25) is 0 Å². The molecule has 0 unspecified atom stereocenters. The largest absolute Gasteiger partial charge is 0.482 e. The van der Waals surface area contributed by atoms with Crippen molar-refractivity contribution in [3.8, 4) is 11.8 Å². The van der Waals surface area contributed by atoms with Crippen LogP contribution in [-0.2, 0) is 4.79 Å². The number of nitriles is 1. The van der Waals surface area contributed by atoms with Crippen LogP contribution in [0.15, 0.2) is 61.4 Å². The molecule has 0 saturated heterocycles. The van der Waals surface area contributed by atoms with Gasteiger partial charge in [-0.1, -0.05) is 12.1 Å². The number of benzene rings is 1. The van der Waals surface area contributed by atoms with Gasteiger partial charge in [0.1, 0.15) is 23.8 Å². The molecule has 0 aliphatic carbocycles. The summed E-state index contributed by atoms with van der Waals surface area (Å²) in [5, 5.41) is 12.4. The van der Waals surface area contributed by atoms with Gasteiger partial charge in [0.05, 0.1) is 23.0 Å². The zero-order valence-electron chi connectivity index (χ0n) is 18.0. The number of pyridine rings is 1. The van der Waals surface area contributed by atoms with E-state index in [9.17, 15) is 9.59 Å². The lowest BCUT2D eigenvalue weighted by Crippen LogP contribution is -2.20. The van der Waals surface area contributed by atoms with E-state index in [-0.39, 0.29) is 18.4 Å². The number of anilines is 1. The number of aromatic nitrogens is 4. The van der Waals surface area contributed by atoms with E-state index < -0.39 is 5.91 Å². The van der Waals surface area contributed by atoms with E-state index >= 15 is 0 Å². The predicted octanol–water partition coefficient (Wildman–Crippen LogP) is 3.53. The van der Waals surface area contributed by atoms with Crippen molar-refractivity contribution < 1.29 is 14.3 Å². The zero-order chi connectivity index (χ0) is 23.4. The maximum atomic E-state index is 13.2. The lowest BCUT2D eigenvalue weighted by Gasteiger charge is -2.09. The molecule has 0 aliphatic heterocycles. The standard InChI is InChI=1S/C24H20N6O3/c1-15(2)30-12-20(19-11-27-14-28-24(19)30)23(32)17-7-18(10-26-9-17)29-22(31)13-33-21-6-4-3-5-16(21)8-25/h3-7,9-12,14-15H,13H2,1-2H3,(H,29,31). The first kappa shape index (κ1) is 21.6. The molecule has 0 bridgehead atoms. The van der Waals surface area contributed by atoms with Crippen molar-refractivity contribution in [2.45, 2.75) is 19.9 Å². The van der Waals surface area contributed by atoms with Crippen LogP contribution in [0.4, 0.5) is 5.69 Å². The molecule has 0 atom stereocenters. The van der Waals surface area contributed by atoms with Gasteiger partial charge in [-0.2, -0.15) is 5.26 Å². The second-order valence-electron chi connectivity index (χ2n) is 7.54. The van der Waals surface area contributed by atoms with Gasteiger partial charge in [0.25, 0.3) is 5.91 Å². The van der Waals surface area contributed by atoms with E-state index in [2.05, 4.69) is 20.3 Å². The third kappa shape index (κ3) is 4.55. The highest BCUT2D eigenvalue weighted by Gasteiger charge is 2.20. The number of nitrogens with zero attached hydrogens (tertiary/aromatic N) is 5. The summed E-state index contributed by atoms with van der Waals surface area (Å²) in [6, 6.07) is 10.3. The van der Waals surface area contributed by atoms with Crippen LogP contribution in [-0.4, -0.2) is 37.8 Å². The van der Waals surface area contributed by atoms with Gasteiger partial charge in [-0.3, -0.25) is 14.6 Å². The highest BCUT2D eigenvalue weighted by molar-refractivity contribution is 6.16.